The van der Waals surface area contributed by atoms with Crippen LogP contribution in [0.2, 0.25) is 0 Å². The van der Waals surface area contributed by atoms with E-state index in [1.54, 1.807) is 0 Å². The van der Waals surface area contributed by atoms with Gasteiger partial charge in [-0.05, 0) is 49.9 Å². The standard InChI is InChI=1S/C18H27FN2O.ClH/c19-16-10-8-15(9-11-16)18(12-4-5-13-18)21-17(22)7-3-1-2-6-14-20;/h8-11H,1-7,12-14,20H2,(H,21,22);1H. The Morgan fingerprint density at radius 1 is 1.09 bits per heavy atom. The smallest absolute Gasteiger partial charge is 0.220 e. The largest absolute Gasteiger partial charge is 0.347 e. The van der Waals surface area contributed by atoms with Crippen LogP contribution in [0.15, 0.2) is 24.3 Å². The third kappa shape index (κ3) is 5.78. The van der Waals surface area contributed by atoms with Crippen LogP contribution >= 0.6 is 12.4 Å². The van der Waals surface area contributed by atoms with Crippen molar-refractivity contribution in [3.63, 3.8) is 0 Å². The molecule has 0 aliphatic heterocycles. The number of nitrogens with one attached hydrogen (secondary N) is 1. The summed E-state index contributed by atoms with van der Waals surface area (Å²) < 4.78 is 13.1. The third-order valence-electron chi connectivity index (χ3n) is 4.59. The maximum atomic E-state index is 13.1. The van der Waals surface area contributed by atoms with Gasteiger partial charge in [0.15, 0.2) is 0 Å². The fraction of sp³-hybridized carbons (Fsp3) is 0.611. The summed E-state index contributed by atoms with van der Waals surface area (Å²) in [6.07, 6.45) is 8.73. The first-order chi connectivity index (χ1) is 10.7. The third-order valence-corrected chi connectivity index (χ3v) is 4.59. The van der Waals surface area contributed by atoms with Gasteiger partial charge in [0.1, 0.15) is 5.82 Å². The van der Waals surface area contributed by atoms with Crippen molar-refractivity contribution in [3.05, 3.63) is 35.6 Å². The molecule has 0 spiro atoms. The zero-order valence-corrected chi connectivity index (χ0v) is 14.5. The normalized spacial score (nSPS) is 15.9. The summed E-state index contributed by atoms with van der Waals surface area (Å²) in [4.78, 5) is 12.3. The number of hydrogen-bond acceptors (Lipinski definition) is 2. The lowest BCUT2D eigenvalue weighted by Gasteiger charge is -2.31. The number of unbranched alkanes of at least 4 members (excludes halogenated alkanes) is 3. The van der Waals surface area contributed by atoms with Crippen molar-refractivity contribution in [2.75, 3.05) is 6.54 Å². The highest BCUT2D eigenvalue weighted by molar-refractivity contribution is 5.85. The molecule has 0 radical (unpaired) electrons. The summed E-state index contributed by atoms with van der Waals surface area (Å²) in [5, 5.41) is 3.23. The van der Waals surface area contributed by atoms with Crippen molar-refractivity contribution in [1.29, 1.82) is 0 Å². The predicted octanol–water partition coefficient (Wildman–Crippen LogP) is 4.04. The number of hydrogen-bond donors (Lipinski definition) is 2. The van der Waals surface area contributed by atoms with Crippen LogP contribution in [0.5, 0.6) is 0 Å². The van der Waals surface area contributed by atoms with Crippen LogP contribution in [0.3, 0.4) is 0 Å². The number of rotatable bonds is 8. The topological polar surface area (TPSA) is 55.1 Å². The van der Waals surface area contributed by atoms with Crippen molar-refractivity contribution < 1.29 is 9.18 Å². The van der Waals surface area contributed by atoms with E-state index in [4.69, 9.17) is 5.73 Å². The predicted molar refractivity (Wildman–Crippen MR) is 94.1 cm³/mol. The molecule has 2 rings (SSSR count). The Labute approximate surface area is 144 Å². The van der Waals surface area contributed by atoms with Crippen molar-refractivity contribution in [2.45, 2.75) is 63.3 Å². The zero-order chi connectivity index (χ0) is 15.8. The average molecular weight is 343 g/mol. The molecule has 0 aromatic heterocycles. The molecule has 0 unspecified atom stereocenters. The van der Waals surface area contributed by atoms with E-state index in [0.717, 1.165) is 63.5 Å². The van der Waals surface area contributed by atoms with Gasteiger partial charge in [0.05, 0.1) is 5.54 Å². The van der Waals surface area contributed by atoms with Crippen LogP contribution in [0.1, 0.15) is 63.4 Å². The maximum Gasteiger partial charge on any atom is 0.220 e. The molecule has 5 heteroatoms. The molecule has 23 heavy (non-hydrogen) atoms. The van der Waals surface area contributed by atoms with Gasteiger partial charge in [-0.25, -0.2) is 4.39 Å². The van der Waals surface area contributed by atoms with E-state index < -0.39 is 0 Å². The van der Waals surface area contributed by atoms with Crippen molar-refractivity contribution in [2.24, 2.45) is 5.73 Å². The van der Waals surface area contributed by atoms with Crippen molar-refractivity contribution in [1.82, 2.24) is 5.32 Å². The highest BCUT2D eigenvalue weighted by Crippen LogP contribution is 2.38. The van der Waals surface area contributed by atoms with Gasteiger partial charge >= 0.3 is 0 Å². The lowest BCUT2D eigenvalue weighted by atomic mass is 9.88. The Kier molecular flexibility index (Phi) is 8.56. The summed E-state index contributed by atoms with van der Waals surface area (Å²) in [7, 11) is 0. The van der Waals surface area contributed by atoms with Crippen LogP contribution in [-0.2, 0) is 10.3 Å². The monoisotopic (exact) mass is 342 g/mol. The first kappa shape index (κ1) is 19.9. The maximum absolute atomic E-state index is 13.1. The van der Waals surface area contributed by atoms with Gasteiger partial charge in [-0.3, -0.25) is 4.79 Å². The molecule has 3 N–H and O–H groups in total. The van der Waals surface area contributed by atoms with Crippen LogP contribution in [0, 0.1) is 5.82 Å². The summed E-state index contributed by atoms with van der Waals surface area (Å²) in [6, 6.07) is 6.58. The Hall–Kier alpha value is -1.13. The lowest BCUT2D eigenvalue weighted by Crippen LogP contribution is -2.43. The number of nitrogens with two attached hydrogens (primary N) is 1. The molecule has 0 atom stereocenters. The highest BCUT2D eigenvalue weighted by atomic mass is 35.5. The minimum absolute atomic E-state index is 0. The fourth-order valence-corrected chi connectivity index (χ4v) is 3.35. The second-order valence-electron chi connectivity index (χ2n) is 6.30. The molecule has 1 amide bonds. The van der Waals surface area contributed by atoms with Gasteiger partial charge in [-0.1, -0.05) is 37.8 Å². The van der Waals surface area contributed by atoms with E-state index in [-0.39, 0.29) is 29.7 Å². The van der Waals surface area contributed by atoms with Gasteiger partial charge in [-0.2, -0.15) is 0 Å². The first-order valence-electron chi connectivity index (χ1n) is 8.43. The minimum atomic E-state index is -0.290. The van der Waals surface area contributed by atoms with Crippen LogP contribution in [0.25, 0.3) is 0 Å². The number of carbonyl (C=O) groups is 1. The number of halogens is 2. The van der Waals surface area contributed by atoms with Gasteiger partial charge in [0, 0.05) is 6.42 Å². The molecule has 3 nitrogen and oxygen atoms in total. The Balaban J connectivity index is 0.00000264. The summed E-state index contributed by atoms with van der Waals surface area (Å²) in [5.41, 5.74) is 6.21. The molecule has 0 bridgehead atoms. The molecular formula is C18H28ClFN2O. The van der Waals surface area contributed by atoms with Gasteiger partial charge in [0.25, 0.3) is 0 Å². The summed E-state index contributed by atoms with van der Waals surface area (Å²) in [6.45, 7) is 0.722. The minimum Gasteiger partial charge on any atom is -0.347 e. The van der Waals surface area contributed by atoms with Crippen LogP contribution in [-0.4, -0.2) is 12.5 Å². The molecule has 1 saturated carbocycles. The van der Waals surface area contributed by atoms with E-state index in [9.17, 15) is 9.18 Å². The highest BCUT2D eigenvalue weighted by Gasteiger charge is 2.36. The fourth-order valence-electron chi connectivity index (χ4n) is 3.35. The SMILES string of the molecule is Cl.NCCCCCCC(=O)NC1(c2ccc(F)cc2)CCCC1. The van der Waals surface area contributed by atoms with E-state index in [0.29, 0.717) is 6.42 Å². The molecule has 1 fully saturated rings. The zero-order valence-electron chi connectivity index (χ0n) is 13.7. The second kappa shape index (κ2) is 9.89. The van der Waals surface area contributed by atoms with E-state index >= 15 is 0 Å². The molecule has 0 saturated heterocycles. The van der Waals surface area contributed by atoms with E-state index in [1.807, 2.05) is 12.1 Å². The lowest BCUT2D eigenvalue weighted by molar-refractivity contribution is -0.123. The van der Waals surface area contributed by atoms with Crippen molar-refractivity contribution >= 4 is 18.3 Å². The van der Waals surface area contributed by atoms with Crippen molar-refractivity contribution in [3.8, 4) is 0 Å². The number of amides is 1. The van der Waals surface area contributed by atoms with Gasteiger partial charge < -0.3 is 11.1 Å². The van der Waals surface area contributed by atoms with Crippen LogP contribution < -0.4 is 11.1 Å². The summed E-state index contributed by atoms with van der Waals surface area (Å²) >= 11 is 0. The molecule has 1 aliphatic carbocycles. The Morgan fingerprint density at radius 2 is 1.70 bits per heavy atom. The molecule has 1 aromatic carbocycles. The molecule has 130 valence electrons. The number of carbonyl (C=O) groups excluding carboxylic acids is 1. The van der Waals surface area contributed by atoms with E-state index in [2.05, 4.69) is 5.32 Å². The van der Waals surface area contributed by atoms with Crippen LogP contribution in [0.4, 0.5) is 4.39 Å². The van der Waals surface area contributed by atoms with Gasteiger partial charge in [-0.15, -0.1) is 12.4 Å². The molecular weight excluding hydrogens is 315 g/mol. The second-order valence-corrected chi connectivity index (χ2v) is 6.30. The molecule has 0 heterocycles. The Morgan fingerprint density at radius 3 is 2.30 bits per heavy atom. The molecule has 1 aromatic rings. The molecule has 1 aliphatic rings. The summed E-state index contributed by atoms with van der Waals surface area (Å²) in [5.74, 6) is -0.123. The first-order valence-corrected chi connectivity index (χ1v) is 8.43. The average Bonchev–Trinajstić information content (AvgIpc) is 2.97. The number of benzene rings is 1. The van der Waals surface area contributed by atoms with E-state index in [1.165, 1.54) is 12.1 Å². The Bertz CT molecular complexity index is 472. The van der Waals surface area contributed by atoms with Gasteiger partial charge in [0.2, 0.25) is 5.91 Å². The quantitative estimate of drug-likeness (QED) is 0.700.